The van der Waals surface area contributed by atoms with Crippen LogP contribution in [0.3, 0.4) is 0 Å². The van der Waals surface area contributed by atoms with E-state index in [2.05, 4.69) is 23.9 Å². The normalized spacial score (nSPS) is 25.4. The molecule has 1 heterocycles. The van der Waals surface area contributed by atoms with E-state index in [9.17, 15) is 0 Å². The van der Waals surface area contributed by atoms with Crippen molar-refractivity contribution in [2.45, 2.75) is 32.1 Å². The van der Waals surface area contributed by atoms with Gasteiger partial charge in [0.2, 0.25) is 0 Å². The quantitative estimate of drug-likeness (QED) is 0.760. The van der Waals surface area contributed by atoms with Crippen molar-refractivity contribution >= 4 is 0 Å². The molecule has 2 aliphatic rings. The summed E-state index contributed by atoms with van der Waals surface area (Å²) in [5.74, 6) is 0.921. The first kappa shape index (κ1) is 13.3. The number of piperidine rings is 1. The lowest BCUT2D eigenvalue weighted by Crippen LogP contribution is -2.37. The van der Waals surface area contributed by atoms with Gasteiger partial charge in [-0.15, -0.1) is 0 Å². The van der Waals surface area contributed by atoms with Crippen molar-refractivity contribution in [2.75, 3.05) is 46.8 Å². The van der Waals surface area contributed by atoms with E-state index in [1.54, 1.807) is 0 Å². The molecular formula is C14H29N3. The van der Waals surface area contributed by atoms with Gasteiger partial charge in [-0.1, -0.05) is 0 Å². The summed E-state index contributed by atoms with van der Waals surface area (Å²) < 4.78 is 0. The highest BCUT2D eigenvalue weighted by molar-refractivity contribution is 4.95. The first-order chi connectivity index (χ1) is 8.13. The van der Waals surface area contributed by atoms with Gasteiger partial charge in [0.05, 0.1) is 0 Å². The van der Waals surface area contributed by atoms with Gasteiger partial charge < -0.3 is 15.5 Å². The Morgan fingerprint density at radius 1 is 1.29 bits per heavy atom. The fourth-order valence-electron chi connectivity index (χ4n) is 3.29. The van der Waals surface area contributed by atoms with E-state index < -0.39 is 0 Å². The van der Waals surface area contributed by atoms with Crippen LogP contribution in [0.1, 0.15) is 32.1 Å². The average molecular weight is 239 g/mol. The molecule has 0 spiro atoms. The molecule has 1 aliphatic heterocycles. The largest absolute Gasteiger partial charge is 0.330 e. The maximum absolute atomic E-state index is 5.71. The molecule has 1 saturated heterocycles. The Morgan fingerprint density at radius 3 is 2.47 bits per heavy atom. The molecular weight excluding hydrogens is 210 g/mol. The molecule has 3 heteroatoms. The second-order valence-corrected chi connectivity index (χ2v) is 6.48. The van der Waals surface area contributed by atoms with Crippen LogP contribution in [0.2, 0.25) is 0 Å². The molecule has 3 nitrogen and oxygen atoms in total. The minimum Gasteiger partial charge on any atom is -0.330 e. The second-order valence-electron chi connectivity index (χ2n) is 6.48. The highest BCUT2D eigenvalue weighted by atomic mass is 15.1. The molecule has 0 radical (unpaired) electrons. The fraction of sp³-hybridized carbons (Fsp3) is 1.00. The zero-order valence-electron chi connectivity index (χ0n) is 11.6. The third kappa shape index (κ3) is 3.94. The Labute approximate surface area is 106 Å². The molecule has 0 aromatic heterocycles. The third-order valence-electron chi connectivity index (χ3n) is 4.65. The van der Waals surface area contributed by atoms with Crippen LogP contribution < -0.4 is 5.73 Å². The highest BCUT2D eigenvalue weighted by Gasteiger charge is 2.42. The van der Waals surface area contributed by atoms with E-state index in [4.69, 9.17) is 5.73 Å². The van der Waals surface area contributed by atoms with E-state index in [1.807, 2.05) is 0 Å². The monoisotopic (exact) mass is 239 g/mol. The molecule has 0 aromatic rings. The molecule has 0 atom stereocenters. The Balaban J connectivity index is 1.68. The van der Waals surface area contributed by atoms with Gasteiger partial charge in [-0.3, -0.25) is 0 Å². The predicted molar refractivity (Wildman–Crippen MR) is 73.1 cm³/mol. The lowest BCUT2D eigenvalue weighted by molar-refractivity contribution is 0.160. The van der Waals surface area contributed by atoms with Crippen LogP contribution >= 0.6 is 0 Å². The number of hydrogen-bond acceptors (Lipinski definition) is 3. The van der Waals surface area contributed by atoms with Crippen molar-refractivity contribution < 1.29 is 0 Å². The number of nitrogens with two attached hydrogens (primary N) is 1. The summed E-state index contributed by atoms with van der Waals surface area (Å²) in [5, 5.41) is 0. The van der Waals surface area contributed by atoms with Crippen LogP contribution in [0, 0.1) is 11.3 Å². The van der Waals surface area contributed by atoms with Crippen LogP contribution in [0.4, 0.5) is 0 Å². The Hall–Kier alpha value is -0.120. The molecule has 0 bridgehead atoms. The summed E-state index contributed by atoms with van der Waals surface area (Å²) in [4.78, 5) is 5.02. The Morgan fingerprint density at radius 2 is 1.94 bits per heavy atom. The van der Waals surface area contributed by atoms with Crippen molar-refractivity contribution in [3.8, 4) is 0 Å². The molecule has 2 N–H and O–H groups in total. The maximum atomic E-state index is 5.71. The van der Waals surface area contributed by atoms with E-state index in [1.165, 1.54) is 58.3 Å². The molecule has 0 aromatic carbocycles. The summed E-state index contributed by atoms with van der Waals surface area (Å²) in [5.41, 5.74) is 6.31. The van der Waals surface area contributed by atoms with Crippen LogP contribution in [0.15, 0.2) is 0 Å². The van der Waals surface area contributed by atoms with Crippen LogP contribution in [0.5, 0.6) is 0 Å². The standard InChI is InChI=1S/C14H29N3/c1-16-9-3-13(4-10-16)11-17(2)12-14(5-6-14)7-8-15/h13H,3-12,15H2,1-2H3. The number of nitrogens with zero attached hydrogens (tertiary/aromatic N) is 2. The first-order valence-corrected chi connectivity index (χ1v) is 7.21. The van der Waals surface area contributed by atoms with Crippen LogP contribution in [0.25, 0.3) is 0 Å². The van der Waals surface area contributed by atoms with Crippen molar-refractivity contribution in [2.24, 2.45) is 17.1 Å². The number of rotatable bonds is 6. The van der Waals surface area contributed by atoms with Gasteiger partial charge in [-0.25, -0.2) is 0 Å². The zero-order chi connectivity index (χ0) is 12.3. The van der Waals surface area contributed by atoms with E-state index in [0.29, 0.717) is 5.41 Å². The average Bonchev–Trinajstić information content (AvgIpc) is 3.02. The molecule has 1 aliphatic carbocycles. The number of likely N-dealkylation sites (tertiary alicyclic amines) is 1. The van der Waals surface area contributed by atoms with E-state index in [-0.39, 0.29) is 0 Å². The molecule has 1 saturated carbocycles. The SMILES string of the molecule is CN1CCC(CN(C)CC2(CCN)CC2)CC1. The van der Waals surface area contributed by atoms with E-state index in [0.717, 1.165) is 12.5 Å². The zero-order valence-corrected chi connectivity index (χ0v) is 11.6. The Kier molecular flexibility index (Phi) is 4.45. The summed E-state index contributed by atoms with van der Waals surface area (Å²) in [6, 6.07) is 0. The summed E-state index contributed by atoms with van der Waals surface area (Å²) >= 11 is 0. The molecule has 0 amide bonds. The second kappa shape index (κ2) is 5.68. The molecule has 100 valence electrons. The highest BCUT2D eigenvalue weighted by Crippen LogP contribution is 2.48. The molecule has 2 fully saturated rings. The minimum absolute atomic E-state index is 0.606. The van der Waals surface area contributed by atoms with Gasteiger partial charge in [0.25, 0.3) is 0 Å². The molecule has 0 unspecified atom stereocenters. The van der Waals surface area contributed by atoms with Crippen molar-refractivity contribution in [3.63, 3.8) is 0 Å². The summed E-state index contributed by atoms with van der Waals surface area (Å²) in [6.45, 7) is 6.00. The number of hydrogen-bond donors (Lipinski definition) is 1. The lowest BCUT2D eigenvalue weighted by Gasteiger charge is -2.33. The van der Waals surface area contributed by atoms with E-state index >= 15 is 0 Å². The summed E-state index contributed by atoms with van der Waals surface area (Å²) in [7, 11) is 4.54. The van der Waals surface area contributed by atoms with Gasteiger partial charge in [0.15, 0.2) is 0 Å². The van der Waals surface area contributed by atoms with Gasteiger partial charge in [-0.05, 0) is 77.2 Å². The summed E-state index contributed by atoms with van der Waals surface area (Å²) in [6.07, 6.45) is 6.80. The van der Waals surface area contributed by atoms with Crippen LogP contribution in [-0.2, 0) is 0 Å². The third-order valence-corrected chi connectivity index (χ3v) is 4.65. The Bertz CT molecular complexity index is 230. The van der Waals surface area contributed by atoms with Crippen molar-refractivity contribution in [1.82, 2.24) is 9.80 Å². The molecule has 17 heavy (non-hydrogen) atoms. The maximum Gasteiger partial charge on any atom is 0.00355 e. The van der Waals surface area contributed by atoms with Crippen molar-refractivity contribution in [1.29, 1.82) is 0 Å². The minimum atomic E-state index is 0.606. The first-order valence-electron chi connectivity index (χ1n) is 7.21. The van der Waals surface area contributed by atoms with Gasteiger partial charge >= 0.3 is 0 Å². The van der Waals surface area contributed by atoms with Gasteiger partial charge in [-0.2, -0.15) is 0 Å². The topological polar surface area (TPSA) is 32.5 Å². The smallest absolute Gasteiger partial charge is 0.00355 e. The predicted octanol–water partition coefficient (Wildman–Crippen LogP) is 1.39. The van der Waals surface area contributed by atoms with Crippen LogP contribution in [-0.4, -0.2) is 56.6 Å². The fourth-order valence-corrected chi connectivity index (χ4v) is 3.29. The lowest BCUT2D eigenvalue weighted by atomic mass is 9.95. The van der Waals surface area contributed by atoms with Crippen molar-refractivity contribution in [3.05, 3.63) is 0 Å². The van der Waals surface area contributed by atoms with Gasteiger partial charge in [0.1, 0.15) is 0 Å². The molecule has 2 rings (SSSR count). The van der Waals surface area contributed by atoms with Gasteiger partial charge in [0, 0.05) is 13.1 Å².